The van der Waals surface area contributed by atoms with Crippen molar-refractivity contribution in [1.82, 2.24) is 4.98 Å². The lowest BCUT2D eigenvalue weighted by atomic mass is 10.2. The van der Waals surface area contributed by atoms with E-state index in [-0.39, 0.29) is 6.61 Å². The van der Waals surface area contributed by atoms with E-state index in [1.165, 1.54) is 0 Å². The molecule has 2 aromatic rings. The molecule has 0 radical (unpaired) electrons. The van der Waals surface area contributed by atoms with E-state index in [0.29, 0.717) is 18.7 Å². The van der Waals surface area contributed by atoms with Crippen LogP contribution in [0.1, 0.15) is 16.8 Å². The number of pyridine rings is 1. The molecule has 1 heterocycles. The molecule has 0 fully saturated rings. The summed E-state index contributed by atoms with van der Waals surface area (Å²) in [5.41, 5.74) is 2.53. The summed E-state index contributed by atoms with van der Waals surface area (Å²) in [6, 6.07) is 15.7. The molecular weight excluding hydrogens is 250 g/mol. The molecule has 2 rings (SSSR count). The molecule has 102 valence electrons. The second kappa shape index (κ2) is 6.69. The number of benzene rings is 1. The topological polar surface area (TPSA) is 60.2 Å². The summed E-state index contributed by atoms with van der Waals surface area (Å²) in [6.45, 7) is 3.05. The van der Waals surface area contributed by atoms with Crippen LogP contribution in [0.15, 0.2) is 42.5 Å². The van der Waals surface area contributed by atoms with Gasteiger partial charge in [0.15, 0.2) is 0 Å². The summed E-state index contributed by atoms with van der Waals surface area (Å²) >= 11 is 0. The van der Waals surface area contributed by atoms with E-state index in [4.69, 9.17) is 5.26 Å². The number of hydrogen-bond donors (Lipinski definition) is 1. The number of aliphatic hydroxyl groups is 1. The Hall–Kier alpha value is -2.38. The fourth-order valence-electron chi connectivity index (χ4n) is 2.08. The lowest BCUT2D eigenvalue weighted by Crippen LogP contribution is -2.27. The first kappa shape index (κ1) is 14.0. The third-order valence-electron chi connectivity index (χ3n) is 2.98. The molecular formula is C16H17N3O. The molecule has 0 unspecified atom stereocenters. The number of aromatic nitrogens is 1. The highest BCUT2D eigenvalue weighted by molar-refractivity contribution is 5.47. The highest BCUT2D eigenvalue weighted by Crippen LogP contribution is 2.17. The minimum atomic E-state index is 0.0460. The van der Waals surface area contributed by atoms with Gasteiger partial charge in [-0.25, -0.2) is 4.98 Å². The molecule has 0 aliphatic carbocycles. The Labute approximate surface area is 118 Å². The van der Waals surface area contributed by atoms with Crippen molar-refractivity contribution in [1.29, 1.82) is 5.26 Å². The molecule has 4 heteroatoms. The normalized spacial score (nSPS) is 10.1. The van der Waals surface area contributed by atoms with Crippen molar-refractivity contribution < 1.29 is 5.11 Å². The quantitative estimate of drug-likeness (QED) is 0.902. The van der Waals surface area contributed by atoms with Gasteiger partial charge in [0, 0.05) is 18.8 Å². The molecule has 0 atom stereocenters. The molecule has 0 saturated heterocycles. The number of aryl methyl sites for hydroxylation is 1. The number of anilines is 1. The van der Waals surface area contributed by atoms with Crippen LogP contribution in [-0.2, 0) is 6.54 Å². The first-order valence-corrected chi connectivity index (χ1v) is 6.51. The molecule has 0 bridgehead atoms. The summed E-state index contributed by atoms with van der Waals surface area (Å²) in [5, 5.41) is 18.3. The summed E-state index contributed by atoms with van der Waals surface area (Å²) in [5.74, 6) is 0.722. The van der Waals surface area contributed by atoms with Crippen molar-refractivity contribution >= 4 is 5.82 Å². The highest BCUT2D eigenvalue weighted by Gasteiger charge is 2.10. The summed E-state index contributed by atoms with van der Waals surface area (Å²) in [6.07, 6.45) is 0. The molecule has 4 nitrogen and oxygen atoms in total. The standard InChI is InChI=1S/C16H17N3O/c1-13-9-15(11-17)10-16(18-13)19(7-8-20)12-14-5-3-2-4-6-14/h2-6,9-10,20H,7-8,12H2,1H3. The van der Waals surface area contributed by atoms with Crippen molar-refractivity contribution in [3.8, 4) is 6.07 Å². The van der Waals surface area contributed by atoms with E-state index in [1.54, 1.807) is 12.1 Å². The average Bonchev–Trinajstić information content (AvgIpc) is 2.47. The van der Waals surface area contributed by atoms with Gasteiger partial charge >= 0.3 is 0 Å². The van der Waals surface area contributed by atoms with E-state index >= 15 is 0 Å². The van der Waals surface area contributed by atoms with Gasteiger partial charge in [0.1, 0.15) is 5.82 Å². The van der Waals surface area contributed by atoms with Crippen LogP contribution in [0.5, 0.6) is 0 Å². The van der Waals surface area contributed by atoms with Crippen molar-refractivity contribution in [2.24, 2.45) is 0 Å². The number of nitriles is 1. The minimum Gasteiger partial charge on any atom is -0.395 e. The van der Waals surface area contributed by atoms with Gasteiger partial charge in [-0.3, -0.25) is 0 Å². The van der Waals surface area contributed by atoms with Crippen LogP contribution >= 0.6 is 0 Å². The van der Waals surface area contributed by atoms with Crippen molar-refractivity contribution in [2.75, 3.05) is 18.1 Å². The first-order chi connectivity index (χ1) is 9.72. The zero-order valence-corrected chi connectivity index (χ0v) is 11.5. The van der Waals surface area contributed by atoms with Gasteiger partial charge in [-0.15, -0.1) is 0 Å². The van der Waals surface area contributed by atoms with E-state index in [2.05, 4.69) is 11.1 Å². The number of rotatable bonds is 5. The van der Waals surface area contributed by atoms with Gasteiger partial charge in [-0.1, -0.05) is 30.3 Å². The lowest BCUT2D eigenvalue weighted by molar-refractivity contribution is 0.301. The Balaban J connectivity index is 2.29. The second-order valence-corrected chi connectivity index (χ2v) is 4.60. The van der Waals surface area contributed by atoms with E-state index in [9.17, 15) is 5.11 Å². The largest absolute Gasteiger partial charge is 0.395 e. The molecule has 0 aliphatic rings. The Kier molecular flexibility index (Phi) is 4.70. The fourth-order valence-corrected chi connectivity index (χ4v) is 2.08. The predicted molar refractivity (Wildman–Crippen MR) is 78.3 cm³/mol. The number of nitrogens with zero attached hydrogens (tertiary/aromatic N) is 3. The molecule has 0 amide bonds. The van der Waals surface area contributed by atoms with Crippen molar-refractivity contribution in [3.05, 3.63) is 59.3 Å². The Bertz CT molecular complexity index is 605. The van der Waals surface area contributed by atoms with Crippen LogP contribution in [0.3, 0.4) is 0 Å². The van der Waals surface area contributed by atoms with Gasteiger partial charge in [0.05, 0.1) is 18.2 Å². The summed E-state index contributed by atoms with van der Waals surface area (Å²) in [7, 11) is 0. The van der Waals surface area contributed by atoms with Gasteiger partial charge in [0.2, 0.25) is 0 Å². The van der Waals surface area contributed by atoms with E-state index in [0.717, 1.165) is 17.1 Å². The van der Waals surface area contributed by atoms with Crippen LogP contribution in [-0.4, -0.2) is 23.2 Å². The molecule has 0 saturated carbocycles. The Morgan fingerprint density at radius 2 is 2.00 bits per heavy atom. The second-order valence-electron chi connectivity index (χ2n) is 4.60. The van der Waals surface area contributed by atoms with E-state index in [1.807, 2.05) is 42.2 Å². The lowest BCUT2D eigenvalue weighted by Gasteiger charge is -2.23. The van der Waals surface area contributed by atoms with Gasteiger partial charge < -0.3 is 10.0 Å². The Morgan fingerprint density at radius 1 is 1.25 bits per heavy atom. The fraction of sp³-hybridized carbons (Fsp3) is 0.250. The van der Waals surface area contributed by atoms with Crippen molar-refractivity contribution in [2.45, 2.75) is 13.5 Å². The monoisotopic (exact) mass is 267 g/mol. The average molecular weight is 267 g/mol. The summed E-state index contributed by atoms with van der Waals surface area (Å²) in [4.78, 5) is 6.44. The maximum atomic E-state index is 9.24. The number of hydrogen-bond acceptors (Lipinski definition) is 4. The van der Waals surface area contributed by atoms with Gasteiger partial charge in [0.25, 0.3) is 0 Å². The number of aliphatic hydroxyl groups excluding tert-OH is 1. The smallest absolute Gasteiger partial charge is 0.130 e. The molecule has 1 N–H and O–H groups in total. The zero-order valence-electron chi connectivity index (χ0n) is 11.5. The molecule has 0 aliphatic heterocycles. The predicted octanol–water partition coefficient (Wildman–Crippen LogP) is 2.26. The van der Waals surface area contributed by atoms with Crippen LogP contribution in [0, 0.1) is 18.3 Å². The SMILES string of the molecule is Cc1cc(C#N)cc(N(CCO)Cc2ccccc2)n1. The first-order valence-electron chi connectivity index (χ1n) is 6.51. The highest BCUT2D eigenvalue weighted by atomic mass is 16.3. The van der Waals surface area contributed by atoms with Crippen LogP contribution < -0.4 is 4.90 Å². The zero-order chi connectivity index (χ0) is 14.4. The molecule has 1 aromatic heterocycles. The van der Waals surface area contributed by atoms with Crippen LogP contribution in [0.4, 0.5) is 5.82 Å². The van der Waals surface area contributed by atoms with Crippen molar-refractivity contribution in [3.63, 3.8) is 0 Å². The van der Waals surface area contributed by atoms with Crippen LogP contribution in [0.2, 0.25) is 0 Å². The third-order valence-corrected chi connectivity index (χ3v) is 2.98. The molecule has 20 heavy (non-hydrogen) atoms. The summed E-state index contributed by atoms with van der Waals surface area (Å²) < 4.78 is 0. The maximum absolute atomic E-state index is 9.24. The van der Waals surface area contributed by atoms with E-state index < -0.39 is 0 Å². The van der Waals surface area contributed by atoms with Gasteiger partial charge in [-0.05, 0) is 24.6 Å². The van der Waals surface area contributed by atoms with Crippen LogP contribution in [0.25, 0.3) is 0 Å². The molecule has 0 spiro atoms. The third kappa shape index (κ3) is 3.56. The molecule has 1 aromatic carbocycles. The maximum Gasteiger partial charge on any atom is 0.130 e. The Morgan fingerprint density at radius 3 is 2.65 bits per heavy atom. The van der Waals surface area contributed by atoms with Gasteiger partial charge in [-0.2, -0.15) is 5.26 Å². The minimum absolute atomic E-state index is 0.0460.